The largest absolute Gasteiger partial charge is 0.355 e. The fourth-order valence-corrected chi connectivity index (χ4v) is 4.45. The normalized spacial score (nSPS) is 11.7. The van der Waals surface area contributed by atoms with Crippen LogP contribution in [0, 0.1) is 0 Å². The van der Waals surface area contributed by atoms with Crippen molar-refractivity contribution in [2.75, 3.05) is 30.8 Å². The van der Waals surface area contributed by atoms with E-state index in [0.29, 0.717) is 0 Å². The molecule has 0 unspecified atom stereocenters. The number of nitrogens with zero attached hydrogens (tertiary/aromatic N) is 3. The van der Waals surface area contributed by atoms with Gasteiger partial charge >= 0.3 is 0 Å². The summed E-state index contributed by atoms with van der Waals surface area (Å²) in [6.07, 6.45) is 5.03. The second-order valence-corrected chi connectivity index (χ2v) is 8.42. The van der Waals surface area contributed by atoms with E-state index < -0.39 is 0 Å². The van der Waals surface area contributed by atoms with E-state index in [9.17, 15) is 0 Å². The molecule has 0 aliphatic heterocycles. The van der Waals surface area contributed by atoms with Crippen molar-refractivity contribution in [3.8, 4) is 0 Å². The molecule has 0 bridgehead atoms. The van der Waals surface area contributed by atoms with E-state index in [-0.39, 0.29) is 0 Å². The zero-order chi connectivity index (χ0) is 20.1. The summed E-state index contributed by atoms with van der Waals surface area (Å²) in [5.74, 6) is 0.732. The predicted octanol–water partition coefficient (Wildman–Crippen LogP) is 5.80. The zero-order valence-electron chi connectivity index (χ0n) is 16.6. The van der Waals surface area contributed by atoms with Crippen molar-refractivity contribution < 1.29 is 0 Å². The predicted molar refractivity (Wildman–Crippen MR) is 125 cm³/mol. The molecule has 3 aromatic heterocycles. The number of alkyl halides is 1. The summed E-state index contributed by atoms with van der Waals surface area (Å²) in [5.41, 5.74) is 7.21. The number of anilines is 2. The molecule has 29 heavy (non-hydrogen) atoms. The first kappa shape index (κ1) is 20.1. The van der Waals surface area contributed by atoms with Crippen LogP contribution in [0.4, 0.5) is 11.4 Å². The van der Waals surface area contributed by atoms with E-state index in [2.05, 4.69) is 56.4 Å². The Hall–Kier alpha value is -2.15. The van der Waals surface area contributed by atoms with Crippen LogP contribution in [0.5, 0.6) is 0 Å². The van der Waals surface area contributed by atoms with Gasteiger partial charge in [-0.3, -0.25) is 0 Å². The van der Waals surface area contributed by atoms with E-state index in [1.54, 1.807) is 11.3 Å². The number of aromatic nitrogens is 3. The minimum atomic E-state index is 0.732. The quantitative estimate of drug-likeness (QED) is 0.314. The van der Waals surface area contributed by atoms with E-state index in [0.717, 1.165) is 72.7 Å². The summed E-state index contributed by atoms with van der Waals surface area (Å²) in [7, 11) is 0. The molecule has 4 aromatic rings. The fourth-order valence-electron chi connectivity index (χ4n) is 3.62. The average Bonchev–Trinajstić information content (AvgIpc) is 3.37. The molecule has 2 N–H and O–H groups in total. The molecule has 0 aliphatic rings. The average molecular weight is 428 g/mol. The van der Waals surface area contributed by atoms with Crippen molar-refractivity contribution in [2.24, 2.45) is 0 Å². The number of hydrogen-bond donors (Lipinski definition) is 2. The lowest BCUT2D eigenvalue weighted by Crippen LogP contribution is -2.26. The van der Waals surface area contributed by atoms with Crippen LogP contribution < -0.4 is 5.32 Å². The smallest absolute Gasteiger partial charge is 0.139 e. The van der Waals surface area contributed by atoms with Crippen LogP contribution in [-0.2, 0) is 6.42 Å². The number of nitrogens with one attached hydrogen (secondary N) is 2. The van der Waals surface area contributed by atoms with Gasteiger partial charge in [0, 0.05) is 28.8 Å². The van der Waals surface area contributed by atoms with E-state index in [1.807, 2.05) is 17.8 Å². The highest BCUT2D eigenvalue weighted by atomic mass is 35.5. The number of benzene rings is 1. The standard InChI is InChI=1S/C22H26ClN5S/c1-2-28(12-4-9-23)11-3-5-16-13-18-19(8-10-24-22(18)27-16)26-17-6-7-20-21(14-17)29-15-25-20/h6-8,10,13-15H,2-5,9,11-12H2,1H3,(H2,24,26,27). The van der Waals surface area contributed by atoms with E-state index in [4.69, 9.17) is 11.6 Å². The number of H-pyrrole nitrogens is 1. The Morgan fingerprint density at radius 2 is 2.03 bits per heavy atom. The third kappa shape index (κ3) is 4.89. The van der Waals surface area contributed by atoms with Gasteiger partial charge in [0.25, 0.3) is 0 Å². The lowest BCUT2D eigenvalue weighted by atomic mass is 10.2. The molecule has 3 heterocycles. The first-order valence-electron chi connectivity index (χ1n) is 10.1. The number of aromatic amines is 1. The molecular formula is C22H26ClN5S. The molecule has 0 aliphatic carbocycles. The molecule has 0 radical (unpaired) electrons. The van der Waals surface area contributed by atoms with Crippen LogP contribution in [0.25, 0.3) is 21.3 Å². The Balaban J connectivity index is 1.45. The number of hydrogen-bond acceptors (Lipinski definition) is 5. The molecule has 7 heteroatoms. The maximum atomic E-state index is 5.83. The van der Waals surface area contributed by atoms with Crippen LogP contribution in [0.1, 0.15) is 25.5 Å². The molecule has 5 nitrogen and oxygen atoms in total. The fraction of sp³-hybridized carbons (Fsp3) is 0.364. The molecule has 1 aromatic carbocycles. The third-order valence-corrected chi connectivity index (χ3v) is 6.23. The van der Waals surface area contributed by atoms with Crippen molar-refractivity contribution in [1.29, 1.82) is 0 Å². The van der Waals surface area contributed by atoms with Gasteiger partial charge in [0.1, 0.15) is 5.65 Å². The highest BCUT2D eigenvalue weighted by Gasteiger charge is 2.09. The molecule has 0 amide bonds. The number of fused-ring (bicyclic) bond motifs is 2. The van der Waals surface area contributed by atoms with E-state index in [1.165, 1.54) is 10.4 Å². The van der Waals surface area contributed by atoms with Crippen molar-refractivity contribution in [3.63, 3.8) is 0 Å². The maximum Gasteiger partial charge on any atom is 0.139 e. The van der Waals surface area contributed by atoms with Crippen molar-refractivity contribution in [2.45, 2.75) is 26.2 Å². The summed E-state index contributed by atoms with van der Waals surface area (Å²) in [5, 5.41) is 4.67. The second kappa shape index (κ2) is 9.57. The van der Waals surface area contributed by atoms with Crippen molar-refractivity contribution >= 4 is 55.6 Å². The molecule has 0 spiro atoms. The summed E-state index contributed by atoms with van der Waals surface area (Å²) >= 11 is 7.48. The Morgan fingerprint density at radius 3 is 2.90 bits per heavy atom. The summed E-state index contributed by atoms with van der Waals surface area (Å²) in [4.78, 5) is 14.8. The second-order valence-electron chi connectivity index (χ2n) is 7.16. The Labute approximate surface area is 180 Å². The number of rotatable bonds is 10. The van der Waals surface area contributed by atoms with Gasteiger partial charge in [-0.1, -0.05) is 6.92 Å². The molecule has 4 rings (SSSR count). The lowest BCUT2D eigenvalue weighted by molar-refractivity contribution is 0.285. The van der Waals surface area contributed by atoms with Gasteiger partial charge in [0.05, 0.1) is 21.4 Å². The summed E-state index contributed by atoms with van der Waals surface area (Å²) < 4.78 is 1.18. The van der Waals surface area contributed by atoms with Crippen molar-refractivity contribution in [1.82, 2.24) is 19.9 Å². The molecular weight excluding hydrogens is 402 g/mol. The minimum Gasteiger partial charge on any atom is -0.355 e. The van der Waals surface area contributed by atoms with Crippen molar-refractivity contribution in [3.05, 3.63) is 47.7 Å². The minimum absolute atomic E-state index is 0.732. The van der Waals surface area contributed by atoms with Crippen LogP contribution in [0.2, 0.25) is 0 Å². The van der Waals surface area contributed by atoms with Crippen LogP contribution >= 0.6 is 22.9 Å². The third-order valence-electron chi connectivity index (χ3n) is 5.17. The summed E-state index contributed by atoms with van der Waals surface area (Å²) in [6, 6.07) is 10.5. The zero-order valence-corrected chi connectivity index (χ0v) is 18.2. The van der Waals surface area contributed by atoms with Crippen LogP contribution in [0.15, 0.2) is 42.0 Å². The Bertz CT molecular complexity index is 1070. The van der Waals surface area contributed by atoms with Gasteiger partial charge in [0.15, 0.2) is 0 Å². The molecule has 152 valence electrons. The first-order valence-corrected chi connectivity index (χ1v) is 11.5. The number of pyridine rings is 1. The number of aryl methyl sites for hydroxylation is 1. The highest BCUT2D eigenvalue weighted by Crippen LogP contribution is 2.28. The van der Waals surface area contributed by atoms with Gasteiger partial charge < -0.3 is 15.2 Å². The molecule has 0 saturated heterocycles. The van der Waals surface area contributed by atoms with Gasteiger partial charge in [-0.2, -0.15) is 0 Å². The van der Waals surface area contributed by atoms with E-state index >= 15 is 0 Å². The Morgan fingerprint density at radius 1 is 1.14 bits per heavy atom. The highest BCUT2D eigenvalue weighted by molar-refractivity contribution is 7.16. The molecule has 0 saturated carbocycles. The SMILES string of the molecule is CCN(CCCCl)CCCc1cc2c(Nc3ccc4ncsc4c3)ccnc2[nH]1. The van der Waals surface area contributed by atoms with Crippen LogP contribution in [-0.4, -0.2) is 45.4 Å². The number of thiazole rings is 1. The monoisotopic (exact) mass is 427 g/mol. The first-order chi connectivity index (χ1) is 14.3. The Kier molecular flexibility index (Phi) is 6.64. The summed E-state index contributed by atoms with van der Waals surface area (Å²) in [6.45, 7) is 5.45. The topological polar surface area (TPSA) is 56.8 Å². The van der Waals surface area contributed by atoms with Gasteiger partial charge in [-0.25, -0.2) is 9.97 Å². The van der Waals surface area contributed by atoms with Crippen LogP contribution in [0.3, 0.4) is 0 Å². The molecule has 0 atom stereocenters. The lowest BCUT2D eigenvalue weighted by Gasteiger charge is -2.19. The van der Waals surface area contributed by atoms with Gasteiger partial charge in [-0.15, -0.1) is 22.9 Å². The molecule has 0 fully saturated rings. The maximum absolute atomic E-state index is 5.83. The van der Waals surface area contributed by atoms with Gasteiger partial charge in [0.2, 0.25) is 0 Å². The number of halogens is 1. The van der Waals surface area contributed by atoms with Gasteiger partial charge in [-0.05, 0) is 69.2 Å².